The molecule has 3 N–H and O–H groups in total. The van der Waals surface area contributed by atoms with E-state index in [1.807, 2.05) is 4.57 Å². The number of nitrogens with one attached hydrogen (secondary N) is 1. The van der Waals surface area contributed by atoms with Gasteiger partial charge in [0.15, 0.2) is 0 Å². The third kappa shape index (κ3) is 3.10. The normalized spacial score (nSPS) is 14.3. The van der Waals surface area contributed by atoms with E-state index < -0.39 is 21.7 Å². The van der Waals surface area contributed by atoms with Gasteiger partial charge in [0.1, 0.15) is 17.5 Å². The maximum absolute atomic E-state index is 13.9. The predicted molar refractivity (Wildman–Crippen MR) is 80.9 cm³/mol. The number of anilines is 1. The highest BCUT2D eigenvalue weighted by Gasteiger charge is 2.20. The summed E-state index contributed by atoms with van der Waals surface area (Å²) in [5.74, 6) is -0.245. The topological polar surface area (TPSA) is 107 Å². The third-order valence-electron chi connectivity index (χ3n) is 3.72. The fraction of sp³-hybridized carbons (Fsp3) is 0.286. The van der Waals surface area contributed by atoms with Gasteiger partial charge in [-0.2, -0.15) is 0 Å². The second-order valence-electron chi connectivity index (χ2n) is 5.31. The Kier molecular flexibility index (Phi) is 3.90. The molecule has 0 spiro atoms. The van der Waals surface area contributed by atoms with Crippen molar-refractivity contribution >= 4 is 21.7 Å². The molecule has 0 fully saturated rings. The average molecular weight is 338 g/mol. The number of primary sulfonamides is 1. The number of sulfonamides is 1. The van der Waals surface area contributed by atoms with Gasteiger partial charge in [0.2, 0.25) is 10.0 Å². The van der Waals surface area contributed by atoms with E-state index in [1.54, 1.807) is 0 Å². The highest BCUT2D eigenvalue weighted by atomic mass is 32.2. The highest BCUT2D eigenvalue weighted by molar-refractivity contribution is 7.89. The molecular weight excluding hydrogens is 323 g/mol. The molecule has 2 heterocycles. The molecule has 3 rings (SSSR count). The maximum atomic E-state index is 13.9. The molecular formula is C14H15FN4O3S. The number of benzene rings is 1. The Morgan fingerprint density at radius 1 is 1.35 bits per heavy atom. The van der Waals surface area contributed by atoms with Crippen molar-refractivity contribution in [3.63, 3.8) is 0 Å². The molecule has 23 heavy (non-hydrogen) atoms. The van der Waals surface area contributed by atoms with Crippen LogP contribution in [0.1, 0.15) is 29.0 Å². The zero-order chi connectivity index (χ0) is 16.6. The third-order valence-corrected chi connectivity index (χ3v) is 4.63. The van der Waals surface area contributed by atoms with Gasteiger partial charge < -0.3 is 9.88 Å². The van der Waals surface area contributed by atoms with Crippen LogP contribution >= 0.6 is 0 Å². The van der Waals surface area contributed by atoms with E-state index in [0.29, 0.717) is 5.82 Å². The van der Waals surface area contributed by atoms with Crippen LogP contribution in [0.3, 0.4) is 0 Å². The lowest BCUT2D eigenvalue weighted by Gasteiger charge is -2.16. The zero-order valence-corrected chi connectivity index (χ0v) is 12.9. The largest absolute Gasteiger partial charge is 0.315 e. The number of halogens is 1. The van der Waals surface area contributed by atoms with E-state index in [0.717, 1.165) is 49.8 Å². The first kappa shape index (κ1) is 15.6. The van der Waals surface area contributed by atoms with Crippen LogP contribution in [-0.2, 0) is 23.0 Å². The van der Waals surface area contributed by atoms with E-state index in [-0.39, 0.29) is 10.5 Å². The molecule has 0 aliphatic carbocycles. The number of rotatable bonds is 3. The fourth-order valence-electron chi connectivity index (χ4n) is 2.55. The van der Waals surface area contributed by atoms with Crippen LogP contribution < -0.4 is 10.5 Å². The first-order valence-electron chi connectivity index (χ1n) is 7.04. The first-order chi connectivity index (χ1) is 10.9. The minimum atomic E-state index is -4.02. The van der Waals surface area contributed by atoms with E-state index in [9.17, 15) is 17.6 Å². The quantitative estimate of drug-likeness (QED) is 0.878. The second-order valence-corrected chi connectivity index (χ2v) is 6.87. The van der Waals surface area contributed by atoms with Gasteiger partial charge in [-0.25, -0.2) is 22.9 Å². The van der Waals surface area contributed by atoms with Gasteiger partial charge in [0, 0.05) is 13.0 Å². The summed E-state index contributed by atoms with van der Waals surface area (Å²) >= 11 is 0. The summed E-state index contributed by atoms with van der Waals surface area (Å²) in [6, 6.07) is 2.84. The number of nitrogens with zero attached hydrogens (tertiary/aromatic N) is 2. The van der Waals surface area contributed by atoms with Gasteiger partial charge in [-0.15, -0.1) is 0 Å². The number of hydrogen-bond acceptors (Lipinski definition) is 4. The summed E-state index contributed by atoms with van der Waals surface area (Å²) in [5, 5.41) is 7.58. The molecule has 0 bridgehead atoms. The highest BCUT2D eigenvalue weighted by Crippen LogP contribution is 2.21. The Bertz CT molecular complexity index is 876. The van der Waals surface area contributed by atoms with Crippen molar-refractivity contribution in [2.45, 2.75) is 30.7 Å². The lowest BCUT2D eigenvalue weighted by molar-refractivity contribution is 0.102. The number of fused-ring (bicyclic) bond motifs is 1. The first-order valence-corrected chi connectivity index (χ1v) is 8.59. The smallest absolute Gasteiger partial charge is 0.259 e. The molecule has 0 radical (unpaired) electrons. The Balaban J connectivity index is 1.91. The molecule has 0 atom stereocenters. The molecule has 1 amide bonds. The molecule has 7 nitrogen and oxygen atoms in total. The molecule has 122 valence electrons. The van der Waals surface area contributed by atoms with Crippen LogP contribution in [0.4, 0.5) is 10.2 Å². The van der Waals surface area contributed by atoms with Gasteiger partial charge >= 0.3 is 0 Å². The molecule has 0 unspecified atom stereocenters. The van der Waals surface area contributed by atoms with E-state index in [4.69, 9.17) is 5.14 Å². The maximum Gasteiger partial charge on any atom is 0.259 e. The van der Waals surface area contributed by atoms with E-state index in [2.05, 4.69) is 10.3 Å². The molecule has 2 aromatic rings. The van der Waals surface area contributed by atoms with Gasteiger partial charge in [-0.3, -0.25) is 4.79 Å². The molecule has 0 saturated heterocycles. The SMILES string of the molecule is NS(=O)(=O)c1ccc(F)c(C(=O)Nc2cnc3n2CCCC3)c1. The van der Waals surface area contributed by atoms with Crippen LogP contribution in [-0.4, -0.2) is 23.9 Å². The van der Waals surface area contributed by atoms with Crippen molar-refractivity contribution in [1.82, 2.24) is 9.55 Å². The molecule has 0 saturated carbocycles. The number of aromatic nitrogens is 2. The van der Waals surface area contributed by atoms with Crippen LogP contribution in [0.2, 0.25) is 0 Å². The lowest BCUT2D eigenvalue weighted by atomic mass is 10.2. The summed E-state index contributed by atoms with van der Waals surface area (Å²) in [5.41, 5.74) is -0.386. The Hall–Kier alpha value is -2.26. The molecule has 1 aromatic heterocycles. The van der Waals surface area contributed by atoms with Gasteiger partial charge in [0.05, 0.1) is 16.7 Å². The number of carbonyl (C=O) groups excluding carboxylic acids is 1. The molecule has 1 aromatic carbocycles. The predicted octanol–water partition coefficient (Wildman–Crippen LogP) is 1.26. The van der Waals surface area contributed by atoms with Crippen molar-refractivity contribution in [2.75, 3.05) is 5.32 Å². The lowest BCUT2D eigenvalue weighted by Crippen LogP contribution is -2.20. The molecule has 1 aliphatic rings. The molecule has 1 aliphatic heterocycles. The standard InChI is InChI=1S/C14H15FN4O3S/c15-11-5-4-9(23(16,21)22)7-10(11)14(20)18-13-8-17-12-3-1-2-6-19(12)13/h4-5,7-8H,1-3,6H2,(H,18,20)(H2,16,21,22). The van der Waals surface area contributed by atoms with Crippen molar-refractivity contribution in [1.29, 1.82) is 0 Å². The van der Waals surface area contributed by atoms with Crippen LogP contribution in [0, 0.1) is 5.82 Å². The monoisotopic (exact) mass is 338 g/mol. The number of amides is 1. The van der Waals surface area contributed by atoms with Crippen molar-refractivity contribution in [3.05, 3.63) is 41.6 Å². The van der Waals surface area contributed by atoms with Crippen molar-refractivity contribution in [3.8, 4) is 0 Å². The molecule has 9 heteroatoms. The number of nitrogens with two attached hydrogens (primary N) is 1. The summed E-state index contributed by atoms with van der Waals surface area (Å²) < 4.78 is 38.4. The van der Waals surface area contributed by atoms with Crippen LogP contribution in [0.25, 0.3) is 0 Å². The van der Waals surface area contributed by atoms with Crippen molar-refractivity contribution in [2.24, 2.45) is 5.14 Å². The second kappa shape index (κ2) is 5.74. The number of hydrogen-bond donors (Lipinski definition) is 2. The van der Waals surface area contributed by atoms with Gasteiger partial charge in [0.25, 0.3) is 5.91 Å². The van der Waals surface area contributed by atoms with Crippen LogP contribution in [0.15, 0.2) is 29.3 Å². The number of aryl methyl sites for hydroxylation is 1. The fourth-order valence-corrected chi connectivity index (χ4v) is 3.09. The Labute approximate surface area is 132 Å². The minimum absolute atomic E-state index is 0.320. The van der Waals surface area contributed by atoms with E-state index >= 15 is 0 Å². The number of imidazole rings is 1. The summed E-state index contributed by atoms with van der Waals surface area (Å²) in [7, 11) is -4.02. The summed E-state index contributed by atoms with van der Waals surface area (Å²) in [6.45, 7) is 0.727. The number of carbonyl (C=O) groups is 1. The Morgan fingerprint density at radius 2 is 2.13 bits per heavy atom. The summed E-state index contributed by atoms with van der Waals surface area (Å²) in [4.78, 5) is 16.2. The van der Waals surface area contributed by atoms with Gasteiger partial charge in [-0.05, 0) is 31.0 Å². The summed E-state index contributed by atoms with van der Waals surface area (Å²) in [6.07, 6.45) is 4.35. The Morgan fingerprint density at radius 3 is 2.87 bits per heavy atom. The zero-order valence-electron chi connectivity index (χ0n) is 12.1. The van der Waals surface area contributed by atoms with Crippen LogP contribution in [0.5, 0.6) is 0 Å². The van der Waals surface area contributed by atoms with Crippen molar-refractivity contribution < 1.29 is 17.6 Å². The minimum Gasteiger partial charge on any atom is -0.315 e. The average Bonchev–Trinajstić information content (AvgIpc) is 2.90. The van der Waals surface area contributed by atoms with E-state index in [1.165, 1.54) is 6.20 Å². The van der Waals surface area contributed by atoms with Gasteiger partial charge in [-0.1, -0.05) is 0 Å².